The topological polar surface area (TPSA) is 100 Å². The van der Waals surface area contributed by atoms with Crippen LogP contribution in [0.3, 0.4) is 0 Å². The normalized spacial score (nSPS) is 16.8. The van der Waals surface area contributed by atoms with Crippen LogP contribution in [0.1, 0.15) is 36.8 Å². The van der Waals surface area contributed by atoms with Crippen LogP contribution in [0.25, 0.3) is 0 Å². The van der Waals surface area contributed by atoms with Gasteiger partial charge in [0, 0.05) is 25.6 Å². The van der Waals surface area contributed by atoms with E-state index >= 15 is 0 Å². The number of carboxylic acid groups (broad SMARTS) is 1. The molecule has 1 atom stereocenters. The molecule has 20 heavy (non-hydrogen) atoms. The Kier molecular flexibility index (Phi) is 4.33. The van der Waals surface area contributed by atoms with Crippen LogP contribution >= 0.6 is 0 Å². The molecule has 1 aliphatic heterocycles. The van der Waals surface area contributed by atoms with Gasteiger partial charge in [0.15, 0.2) is 5.69 Å². The Morgan fingerprint density at radius 2 is 2.25 bits per heavy atom. The Morgan fingerprint density at radius 1 is 1.55 bits per heavy atom. The molecule has 0 saturated carbocycles. The minimum atomic E-state index is -1.09. The van der Waals surface area contributed by atoms with Crippen LogP contribution in [0.5, 0.6) is 0 Å². The predicted octanol–water partition coefficient (Wildman–Crippen LogP) is -0.252. The van der Waals surface area contributed by atoms with Gasteiger partial charge in [-0.2, -0.15) is 0 Å². The Morgan fingerprint density at radius 3 is 2.80 bits per heavy atom. The molecule has 2 rings (SSSR count). The summed E-state index contributed by atoms with van der Waals surface area (Å²) < 4.78 is 1.51. The molecule has 110 valence electrons. The van der Waals surface area contributed by atoms with Crippen molar-refractivity contribution < 1.29 is 14.7 Å². The van der Waals surface area contributed by atoms with Crippen molar-refractivity contribution in [2.45, 2.75) is 32.4 Å². The lowest BCUT2D eigenvalue weighted by atomic mass is 10.1. The summed E-state index contributed by atoms with van der Waals surface area (Å²) in [5.41, 5.74) is -0.0736. The highest BCUT2D eigenvalue weighted by molar-refractivity contribution is 5.84. The second-order valence-corrected chi connectivity index (χ2v) is 5.00. The molecule has 1 aromatic heterocycles. The molecular formula is C12H19N5O3. The Labute approximate surface area is 116 Å². The van der Waals surface area contributed by atoms with E-state index in [2.05, 4.69) is 15.6 Å². The predicted molar refractivity (Wildman–Crippen MR) is 70.4 cm³/mol. The zero-order valence-electron chi connectivity index (χ0n) is 11.6. The molecule has 2 N–H and O–H groups in total. The molecule has 1 fully saturated rings. The van der Waals surface area contributed by atoms with E-state index in [4.69, 9.17) is 5.11 Å². The van der Waals surface area contributed by atoms with Crippen molar-refractivity contribution in [1.29, 1.82) is 0 Å². The highest BCUT2D eigenvalue weighted by Crippen LogP contribution is 2.21. The zero-order chi connectivity index (χ0) is 14.7. The number of aromatic carboxylic acids is 1. The summed E-state index contributed by atoms with van der Waals surface area (Å²) >= 11 is 0. The summed E-state index contributed by atoms with van der Waals surface area (Å²) in [4.78, 5) is 24.4. The largest absolute Gasteiger partial charge is 0.476 e. The average Bonchev–Trinajstić information content (AvgIpc) is 2.76. The summed E-state index contributed by atoms with van der Waals surface area (Å²) in [5, 5.41) is 19.3. The van der Waals surface area contributed by atoms with Crippen molar-refractivity contribution >= 4 is 11.9 Å². The molecule has 8 heteroatoms. The van der Waals surface area contributed by atoms with Crippen molar-refractivity contribution in [1.82, 2.24) is 25.2 Å². The minimum absolute atomic E-state index is 0.0222. The number of aromatic nitrogens is 3. The number of hydrogen-bond donors (Lipinski definition) is 2. The Hall–Kier alpha value is -1.96. The van der Waals surface area contributed by atoms with Crippen LogP contribution in [-0.4, -0.2) is 62.6 Å². The fourth-order valence-electron chi connectivity index (χ4n) is 2.19. The van der Waals surface area contributed by atoms with E-state index in [1.807, 2.05) is 13.8 Å². The molecule has 0 spiro atoms. The first-order valence-electron chi connectivity index (χ1n) is 6.67. The van der Waals surface area contributed by atoms with Crippen molar-refractivity contribution in [2.24, 2.45) is 0 Å². The lowest BCUT2D eigenvalue weighted by Crippen LogP contribution is -2.52. The fourth-order valence-corrected chi connectivity index (χ4v) is 2.19. The number of nitrogens with zero attached hydrogens (tertiary/aromatic N) is 4. The lowest BCUT2D eigenvalue weighted by Gasteiger charge is -2.39. The molecule has 1 unspecified atom stereocenters. The fraction of sp³-hybridized carbons (Fsp3) is 0.667. The summed E-state index contributed by atoms with van der Waals surface area (Å²) in [7, 11) is 0. The summed E-state index contributed by atoms with van der Waals surface area (Å²) in [5.74, 6) is -0.990. The van der Waals surface area contributed by atoms with E-state index in [1.165, 1.54) is 10.9 Å². The number of amides is 1. The molecule has 2 heterocycles. The highest BCUT2D eigenvalue weighted by Gasteiger charge is 2.33. The quantitative estimate of drug-likeness (QED) is 0.745. The maximum Gasteiger partial charge on any atom is 0.358 e. The van der Waals surface area contributed by atoms with Crippen LogP contribution in [0.4, 0.5) is 0 Å². The molecule has 8 nitrogen and oxygen atoms in total. The minimum Gasteiger partial charge on any atom is -0.476 e. The maximum atomic E-state index is 11.9. The summed E-state index contributed by atoms with van der Waals surface area (Å²) in [6.45, 7) is 5.94. The van der Waals surface area contributed by atoms with Gasteiger partial charge in [-0.05, 0) is 13.5 Å². The SMILES string of the molecule is CCNC(C)CC(=O)N1CC(n2cc(C(=O)O)nn2)C1. The molecule has 1 aromatic rings. The molecule has 0 aliphatic carbocycles. The first-order chi connectivity index (χ1) is 9.51. The molecule has 1 saturated heterocycles. The van der Waals surface area contributed by atoms with Gasteiger partial charge in [-0.3, -0.25) is 4.79 Å². The smallest absolute Gasteiger partial charge is 0.358 e. The first kappa shape index (κ1) is 14.4. The lowest BCUT2D eigenvalue weighted by molar-refractivity contribution is -0.137. The van der Waals surface area contributed by atoms with Crippen molar-refractivity contribution in [2.75, 3.05) is 19.6 Å². The van der Waals surface area contributed by atoms with E-state index < -0.39 is 5.97 Å². The van der Waals surface area contributed by atoms with Crippen LogP contribution in [0.15, 0.2) is 6.20 Å². The van der Waals surface area contributed by atoms with Gasteiger partial charge in [-0.25, -0.2) is 9.48 Å². The number of carbonyl (C=O) groups is 2. The van der Waals surface area contributed by atoms with Gasteiger partial charge in [0.25, 0.3) is 0 Å². The standard InChI is InChI=1S/C12H19N5O3/c1-3-13-8(2)4-11(18)16-5-9(6-16)17-7-10(12(19)20)14-15-17/h7-9,13H,3-6H2,1-2H3,(H,19,20). The Balaban J connectivity index is 1.81. The van der Waals surface area contributed by atoms with Gasteiger partial charge < -0.3 is 15.3 Å². The van der Waals surface area contributed by atoms with Gasteiger partial charge >= 0.3 is 5.97 Å². The third-order valence-corrected chi connectivity index (χ3v) is 3.35. The van der Waals surface area contributed by atoms with Crippen LogP contribution in [-0.2, 0) is 4.79 Å². The Bertz CT molecular complexity index is 495. The van der Waals surface area contributed by atoms with Gasteiger partial charge in [0.1, 0.15) is 0 Å². The van der Waals surface area contributed by atoms with Gasteiger partial charge in [0.2, 0.25) is 5.91 Å². The van der Waals surface area contributed by atoms with Crippen LogP contribution in [0, 0.1) is 0 Å². The zero-order valence-corrected chi connectivity index (χ0v) is 11.6. The number of nitrogens with one attached hydrogen (secondary N) is 1. The number of hydrogen-bond acceptors (Lipinski definition) is 5. The van der Waals surface area contributed by atoms with Gasteiger partial charge in [0.05, 0.1) is 12.2 Å². The van der Waals surface area contributed by atoms with Gasteiger partial charge in [-0.1, -0.05) is 12.1 Å². The van der Waals surface area contributed by atoms with Crippen LogP contribution < -0.4 is 5.32 Å². The number of rotatable bonds is 6. The number of likely N-dealkylation sites (tertiary alicyclic amines) is 1. The van der Waals surface area contributed by atoms with E-state index in [-0.39, 0.29) is 23.7 Å². The van der Waals surface area contributed by atoms with E-state index in [1.54, 1.807) is 4.90 Å². The van der Waals surface area contributed by atoms with E-state index in [0.29, 0.717) is 19.5 Å². The molecule has 1 aliphatic rings. The van der Waals surface area contributed by atoms with E-state index in [9.17, 15) is 9.59 Å². The third kappa shape index (κ3) is 3.13. The third-order valence-electron chi connectivity index (χ3n) is 3.35. The molecule has 0 radical (unpaired) electrons. The molecular weight excluding hydrogens is 262 g/mol. The van der Waals surface area contributed by atoms with E-state index in [0.717, 1.165) is 6.54 Å². The highest BCUT2D eigenvalue weighted by atomic mass is 16.4. The monoisotopic (exact) mass is 281 g/mol. The maximum absolute atomic E-state index is 11.9. The second kappa shape index (κ2) is 6.00. The van der Waals surface area contributed by atoms with Crippen LogP contribution in [0.2, 0.25) is 0 Å². The number of carbonyl (C=O) groups excluding carboxylic acids is 1. The summed E-state index contributed by atoms with van der Waals surface area (Å²) in [6, 6.07) is 0.186. The molecule has 1 amide bonds. The first-order valence-corrected chi connectivity index (χ1v) is 6.67. The van der Waals surface area contributed by atoms with Crippen molar-refractivity contribution in [3.63, 3.8) is 0 Å². The second-order valence-electron chi connectivity index (χ2n) is 5.00. The average molecular weight is 281 g/mol. The van der Waals surface area contributed by atoms with Crippen molar-refractivity contribution in [3.8, 4) is 0 Å². The molecule has 0 bridgehead atoms. The molecule has 0 aromatic carbocycles. The summed E-state index contributed by atoms with van der Waals surface area (Å²) in [6.07, 6.45) is 1.87. The number of carboxylic acids is 1. The van der Waals surface area contributed by atoms with Crippen molar-refractivity contribution in [3.05, 3.63) is 11.9 Å². The van der Waals surface area contributed by atoms with Gasteiger partial charge in [-0.15, -0.1) is 5.10 Å².